The Labute approximate surface area is 377 Å². The van der Waals surface area contributed by atoms with E-state index in [1.165, 1.54) is 60.7 Å². The Kier molecular flexibility index (Phi) is 8.47. The summed E-state index contributed by atoms with van der Waals surface area (Å²) in [4.78, 5) is 2.45. The van der Waals surface area contributed by atoms with E-state index in [9.17, 15) is 0 Å². The molecule has 1 aliphatic carbocycles. The van der Waals surface area contributed by atoms with Crippen molar-refractivity contribution in [1.29, 1.82) is 0 Å². The van der Waals surface area contributed by atoms with Gasteiger partial charge in [0.25, 0.3) is 0 Å². The third-order valence-electron chi connectivity index (χ3n) is 13.7. The van der Waals surface area contributed by atoms with Crippen molar-refractivity contribution in [3.05, 3.63) is 271 Å². The van der Waals surface area contributed by atoms with Gasteiger partial charge in [0.15, 0.2) is 0 Å². The SMILES string of the molecule is c1ccc(C2(c3ccccc3)c3ccccc3-c3ccc(N(c4ccc(-c5ccc6ccccc6c5)cc4)c4ccccc4-c4ccc5oc6c7ccccc7ccc6c5c4)cc32)cc1. The molecule has 2 heteroatoms. The minimum Gasteiger partial charge on any atom is -0.455 e. The number of rotatable bonds is 7. The summed E-state index contributed by atoms with van der Waals surface area (Å²) in [5.74, 6) is 0. The van der Waals surface area contributed by atoms with Crippen LogP contribution < -0.4 is 4.90 Å². The Hall–Kier alpha value is -8.46. The monoisotopic (exact) mass is 827 g/mol. The fourth-order valence-corrected chi connectivity index (χ4v) is 10.8. The van der Waals surface area contributed by atoms with Gasteiger partial charge in [-0.2, -0.15) is 0 Å². The summed E-state index contributed by atoms with van der Waals surface area (Å²) in [7, 11) is 0. The number of hydrogen-bond acceptors (Lipinski definition) is 2. The molecule has 0 saturated heterocycles. The Morgan fingerprint density at radius 1 is 0.323 bits per heavy atom. The zero-order chi connectivity index (χ0) is 42.9. The highest BCUT2D eigenvalue weighted by atomic mass is 16.3. The van der Waals surface area contributed by atoms with Crippen LogP contribution in [0.1, 0.15) is 22.3 Å². The van der Waals surface area contributed by atoms with Crippen molar-refractivity contribution < 1.29 is 4.42 Å². The van der Waals surface area contributed by atoms with E-state index in [1.54, 1.807) is 0 Å². The van der Waals surface area contributed by atoms with Crippen LogP contribution in [0.15, 0.2) is 253 Å². The van der Waals surface area contributed by atoms with E-state index >= 15 is 0 Å². The van der Waals surface area contributed by atoms with Crippen LogP contribution >= 0.6 is 0 Å². The minimum atomic E-state index is -0.535. The smallest absolute Gasteiger partial charge is 0.143 e. The first-order valence-corrected chi connectivity index (χ1v) is 22.4. The molecular weight excluding hydrogens is 787 g/mol. The molecule has 0 aliphatic heterocycles. The Bertz CT molecular complexity index is 3730. The van der Waals surface area contributed by atoms with Gasteiger partial charge in [-0.3, -0.25) is 0 Å². The first-order valence-electron chi connectivity index (χ1n) is 22.4. The molecule has 304 valence electrons. The highest BCUT2D eigenvalue weighted by molar-refractivity contribution is 6.15. The topological polar surface area (TPSA) is 16.4 Å². The molecule has 13 rings (SSSR count). The Morgan fingerprint density at radius 3 is 1.72 bits per heavy atom. The summed E-state index contributed by atoms with van der Waals surface area (Å²) in [6.07, 6.45) is 0. The molecule has 0 fully saturated rings. The van der Waals surface area contributed by atoms with Gasteiger partial charge in [0.05, 0.1) is 11.1 Å². The maximum atomic E-state index is 6.60. The van der Waals surface area contributed by atoms with Crippen LogP contribution in [0.5, 0.6) is 0 Å². The van der Waals surface area contributed by atoms with Crippen molar-refractivity contribution in [3.8, 4) is 33.4 Å². The van der Waals surface area contributed by atoms with Gasteiger partial charge in [0.2, 0.25) is 0 Å². The van der Waals surface area contributed by atoms with E-state index in [1.807, 2.05) is 0 Å². The van der Waals surface area contributed by atoms with Crippen LogP contribution in [0, 0.1) is 0 Å². The normalized spacial score (nSPS) is 12.7. The molecule has 11 aromatic carbocycles. The molecule has 0 bridgehead atoms. The van der Waals surface area contributed by atoms with Crippen molar-refractivity contribution in [2.24, 2.45) is 0 Å². The molecule has 0 saturated carbocycles. The zero-order valence-electron chi connectivity index (χ0n) is 35.5. The van der Waals surface area contributed by atoms with Crippen LogP contribution in [0.2, 0.25) is 0 Å². The van der Waals surface area contributed by atoms with E-state index in [4.69, 9.17) is 4.42 Å². The lowest BCUT2D eigenvalue weighted by Crippen LogP contribution is -2.28. The second kappa shape index (κ2) is 14.8. The lowest BCUT2D eigenvalue weighted by molar-refractivity contribution is 0.672. The van der Waals surface area contributed by atoms with E-state index in [0.717, 1.165) is 55.5 Å². The molecule has 1 heterocycles. The molecule has 1 aliphatic rings. The van der Waals surface area contributed by atoms with Crippen LogP contribution in [0.4, 0.5) is 17.1 Å². The number of fused-ring (bicyclic) bond motifs is 9. The number of nitrogens with zero attached hydrogens (tertiary/aromatic N) is 1. The molecule has 0 spiro atoms. The second-order valence-corrected chi connectivity index (χ2v) is 17.2. The maximum absolute atomic E-state index is 6.60. The lowest BCUT2D eigenvalue weighted by Gasteiger charge is -2.35. The van der Waals surface area contributed by atoms with Crippen LogP contribution in [-0.4, -0.2) is 0 Å². The summed E-state index contributed by atoms with van der Waals surface area (Å²) in [6, 6.07) is 91.0. The summed E-state index contributed by atoms with van der Waals surface area (Å²) in [6.45, 7) is 0. The molecule has 12 aromatic rings. The summed E-state index contributed by atoms with van der Waals surface area (Å²) in [5.41, 5.74) is 16.7. The van der Waals surface area contributed by atoms with Crippen molar-refractivity contribution in [2.75, 3.05) is 4.90 Å². The van der Waals surface area contributed by atoms with Crippen LogP contribution in [0.3, 0.4) is 0 Å². The highest BCUT2D eigenvalue weighted by Gasteiger charge is 2.46. The third kappa shape index (κ3) is 5.81. The summed E-state index contributed by atoms with van der Waals surface area (Å²) < 4.78 is 6.60. The van der Waals surface area contributed by atoms with Crippen molar-refractivity contribution in [2.45, 2.75) is 5.41 Å². The summed E-state index contributed by atoms with van der Waals surface area (Å²) >= 11 is 0. The molecule has 0 radical (unpaired) electrons. The first kappa shape index (κ1) is 37.1. The van der Waals surface area contributed by atoms with Crippen molar-refractivity contribution in [3.63, 3.8) is 0 Å². The molecule has 65 heavy (non-hydrogen) atoms. The van der Waals surface area contributed by atoms with E-state index < -0.39 is 5.41 Å². The van der Waals surface area contributed by atoms with E-state index in [0.29, 0.717) is 0 Å². The average Bonchev–Trinajstić information content (AvgIpc) is 3.91. The average molecular weight is 828 g/mol. The molecule has 0 N–H and O–H groups in total. The van der Waals surface area contributed by atoms with Gasteiger partial charge in [0, 0.05) is 33.1 Å². The molecule has 1 aromatic heterocycles. The van der Waals surface area contributed by atoms with E-state index in [-0.39, 0.29) is 0 Å². The molecule has 0 amide bonds. The van der Waals surface area contributed by atoms with Crippen LogP contribution in [0.25, 0.3) is 76.9 Å². The highest BCUT2D eigenvalue weighted by Crippen LogP contribution is 2.57. The van der Waals surface area contributed by atoms with Gasteiger partial charge in [-0.25, -0.2) is 0 Å². The number of hydrogen-bond donors (Lipinski definition) is 0. The van der Waals surface area contributed by atoms with Gasteiger partial charge < -0.3 is 9.32 Å². The van der Waals surface area contributed by atoms with E-state index in [2.05, 4.69) is 254 Å². The third-order valence-corrected chi connectivity index (χ3v) is 13.7. The van der Waals surface area contributed by atoms with Crippen LogP contribution in [-0.2, 0) is 5.41 Å². The first-order chi connectivity index (χ1) is 32.2. The predicted octanol–water partition coefficient (Wildman–Crippen LogP) is 17.1. The predicted molar refractivity (Wildman–Crippen MR) is 272 cm³/mol. The number of benzene rings is 11. The number of anilines is 3. The fraction of sp³-hybridized carbons (Fsp3) is 0.0159. The largest absolute Gasteiger partial charge is 0.455 e. The maximum Gasteiger partial charge on any atom is 0.143 e. The molecule has 0 atom stereocenters. The standard InChI is InChI=1S/C63H41NO/c1-3-18-48(19-4-1)63(49-20-5-2-6-21-49)58-25-13-11-24-54(58)55-37-35-51(41-59(55)63)64(50-33-29-43(30-34-50)46-28-27-42-15-7-8-17-45(42)39-46)60-26-14-12-22-52(60)47-32-38-61-57(40-47)56-36-31-44-16-9-10-23-53(44)62(56)65-61/h1-41H. The Balaban J connectivity index is 1.03. The van der Waals surface area contributed by atoms with Gasteiger partial charge >= 0.3 is 0 Å². The minimum absolute atomic E-state index is 0.535. The molecule has 0 unspecified atom stereocenters. The number of furan rings is 1. The van der Waals surface area contributed by atoms with Crippen molar-refractivity contribution >= 4 is 60.5 Å². The lowest BCUT2D eigenvalue weighted by atomic mass is 9.67. The zero-order valence-corrected chi connectivity index (χ0v) is 35.5. The fourth-order valence-electron chi connectivity index (χ4n) is 10.8. The number of para-hydroxylation sites is 1. The summed E-state index contributed by atoms with van der Waals surface area (Å²) in [5, 5.41) is 7.01. The Morgan fingerprint density at radius 2 is 0.923 bits per heavy atom. The quantitative estimate of drug-likeness (QED) is 0.159. The van der Waals surface area contributed by atoms with Gasteiger partial charge in [-0.15, -0.1) is 0 Å². The van der Waals surface area contributed by atoms with Gasteiger partial charge in [-0.1, -0.05) is 194 Å². The van der Waals surface area contributed by atoms with Gasteiger partial charge in [0.1, 0.15) is 11.2 Å². The van der Waals surface area contributed by atoms with Crippen molar-refractivity contribution in [1.82, 2.24) is 0 Å². The second-order valence-electron chi connectivity index (χ2n) is 17.2. The molecular formula is C63H41NO. The molecule has 2 nitrogen and oxygen atoms in total. The van der Waals surface area contributed by atoms with Gasteiger partial charge in [-0.05, 0) is 121 Å².